The van der Waals surface area contributed by atoms with Crippen LogP contribution in [0.4, 0.5) is 4.79 Å². The number of rotatable bonds is 11. The van der Waals surface area contributed by atoms with Crippen molar-refractivity contribution in [1.82, 2.24) is 10.6 Å². The molecule has 34 heavy (non-hydrogen) atoms. The molecule has 0 saturated carbocycles. The van der Waals surface area contributed by atoms with Crippen molar-refractivity contribution in [3.8, 4) is 0 Å². The predicted molar refractivity (Wildman–Crippen MR) is 127 cm³/mol. The first kappa shape index (κ1) is 36.0. The second kappa shape index (κ2) is 25.1. The number of ether oxygens (including phenoxy) is 1. The van der Waals surface area contributed by atoms with E-state index in [2.05, 4.69) is 23.0 Å². The largest absolute Gasteiger partial charge is 0.481 e. The first-order valence-corrected chi connectivity index (χ1v) is 12.9. The average molecular weight is 676 g/mol. The van der Waals surface area contributed by atoms with Gasteiger partial charge < -0.3 is 25.4 Å². The molecule has 0 saturated heterocycles. The van der Waals surface area contributed by atoms with Crippen molar-refractivity contribution in [3.05, 3.63) is 29.8 Å². The zero-order chi connectivity index (χ0) is 26.9. The number of carboxylic acids is 2. The number of amides is 2. The number of carboxylic acid groups (broad SMARTS) is 2. The Morgan fingerprint density at radius 1 is 1.15 bits per heavy atom. The van der Waals surface area contributed by atoms with Gasteiger partial charge in [0.1, 0.15) is 12.6 Å². The molecule has 5 N–H and O–H groups in total. The summed E-state index contributed by atoms with van der Waals surface area (Å²) in [5.74, 6) is -2.49. The first-order valence-electron chi connectivity index (χ1n) is 10.6. The minimum atomic E-state index is -1.37. The Balaban J connectivity index is -0.000000495. The molecule has 0 spiro atoms. The van der Waals surface area contributed by atoms with E-state index in [1.807, 2.05) is 37.4 Å². The number of alkyl carbamates (subject to hydrolysis) is 1. The van der Waals surface area contributed by atoms with E-state index < -0.39 is 37.1 Å². The van der Waals surface area contributed by atoms with E-state index in [-0.39, 0.29) is 12.3 Å². The third-order valence-electron chi connectivity index (χ3n) is 3.48. The van der Waals surface area contributed by atoms with Gasteiger partial charge in [0, 0.05) is 13.5 Å². The van der Waals surface area contributed by atoms with Crippen LogP contribution in [0.2, 0.25) is 0 Å². The Morgan fingerprint density at radius 3 is 2.24 bits per heavy atom. The summed E-state index contributed by atoms with van der Waals surface area (Å²) >= 11 is 0.795. The summed E-state index contributed by atoms with van der Waals surface area (Å²) in [7, 11) is 1.00. The molecule has 0 aliphatic heterocycles. The summed E-state index contributed by atoms with van der Waals surface area (Å²) in [6.07, 6.45) is 0.749. The molecule has 1 aromatic rings. The van der Waals surface area contributed by atoms with Gasteiger partial charge in [-0.25, -0.2) is 9.59 Å². The molecule has 11 nitrogen and oxygen atoms in total. The predicted octanol–water partition coefficient (Wildman–Crippen LogP) is 0.875. The van der Waals surface area contributed by atoms with Gasteiger partial charge in [-0.3, -0.25) is 9.59 Å². The minimum absolute atomic E-state index is 0.0564. The van der Waals surface area contributed by atoms with Crippen molar-refractivity contribution in [2.24, 2.45) is 0 Å². The van der Waals surface area contributed by atoms with Crippen LogP contribution in [0.5, 0.6) is 0 Å². The smallest absolute Gasteiger partial charge is 0.408 e. The molecule has 1 aromatic carbocycles. The van der Waals surface area contributed by atoms with Crippen LogP contribution < -0.4 is 13.8 Å². The van der Waals surface area contributed by atoms with E-state index in [0.717, 1.165) is 57.8 Å². The number of benzene rings is 1. The molecule has 0 aliphatic rings. The molecule has 190 valence electrons. The number of hydrogen-bond acceptors (Lipinski definition) is 7. The molecule has 1 unspecified atom stereocenters. The zero-order valence-corrected chi connectivity index (χ0v) is 24.6. The topological polar surface area (TPSA) is 179 Å². The van der Waals surface area contributed by atoms with Gasteiger partial charge in [-0.2, -0.15) is 0 Å². The summed E-state index contributed by atoms with van der Waals surface area (Å²) in [5, 5.41) is 28.8. The molecule has 1 atom stereocenters. The van der Waals surface area contributed by atoms with E-state index in [0.29, 0.717) is 6.29 Å². The van der Waals surface area contributed by atoms with Gasteiger partial charge in [-0.05, 0) is 6.42 Å². The zero-order valence-electron chi connectivity index (χ0n) is 20.1. The molecule has 0 fully saturated rings. The van der Waals surface area contributed by atoms with Crippen LogP contribution in [0.3, 0.4) is 0 Å². The number of hydrogen-bond donors (Lipinski definition) is 5. The maximum Gasteiger partial charge on any atom is 0.408 e. The van der Waals surface area contributed by atoms with Crippen molar-refractivity contribution >= 4 is 59.1 Å². The molecule has 0 heterocycles. The van der Waals surface area contributed by atoms with Crippen molar-refractivity contribution in [3.63, 3.8) is 0 Å². The summed E-state index contributed by atoms with van der Waals surface area (Å²) in [5.41, 5.74) is 0.793. The summed E-state index contributed by atoms with van der Waals surface area (Å²) in [6, 6.07) is 6.51. The number of aliphatic carboxylic acids is 2. The SMILES string of the molecule is CC.CCCCNC(=O)c1ccc[c]([Tl])c1.CO.O=CCOC(=O)NC(CCC(=O)O)C(=O)O. The Labute approximate surface area is 215 Å². The Kier molecular flexibility index (Phi) is 26.6. The summed E-state index contributed by atoms with van der Waals surface area (Å²) in [4.78, 5) is 53.1. The van der Waals surface area contributed by atoms with Crippen LogP contribution in [-0.2, 0) is 19.1 Å². The molecule has 12 heteroatoms. The van der Waals surface area contributed by atoms with Crippen LogP contribution >= 0.6 is 0 Å². The maximum absolute atomic E-state index is 11.6. The molecule has 0 radical (unpaired) electrons. The van der Waals surface area contributed by atoms with Crippen LogP contribution in [0, 0.1) is 0 Å². The normalized spacial score (nSPS) is 9.65. The van der Waals surface area contributed by atoms with E-state index in [9.17, 15) is 24.0 Å². The number of aldehydes is 1. The van der Waals surface area contributed by atoms with Gasteiger partial charge in [0.05, 0.1) is 0 Å². The molecule has 0 aromatic heterocycles. The standard InChI is InChI=1S/C11H14NO.C8H11NO7.C2H6.CH4O.Tl/c1-2-3-9-12-11(13)10-7-5-4-6-8-10;10-3-4-16-8(15)9-5(7(13)14)1-2-6(11)12;2*1-2;/h4-5,7-8H,2-3,9H2,1H3,(H,12,13);3,5H,1-2,4H2,(H,9,15)(H,11,12)(H,13,14);1-2H3;2H,1H3;. The number of aliphatic hydroxyl groups excluding tert-OH is 1. The van der Waals surface area contributed by atoms with E-state index >= 15 is 0 Å². The van der Waals surface area contributed by atoms with E-state index in [1.165, 1.54) is 3.12 Å². The molecule has 0 bridgehead atoms. The second-order valence-electron chi connectivity index (χ2n) is 5.97. The van der Waals surface area contributed by atoms with E-state index in [4.69, 9.17) is 15.3 Å². The Bertz CT molecular complexity index is 730. The molecule has 0 aliphatic carbocycles. The van der Waals surface area contributed by atoms with Crippen molar-refractivity contribution < 1.29 is 44.0 Å². The van der Waals surface area contributed by atoms with Gasteiger partial charge in [0.15, 0.2) is 6.29 Å². The Morgan fingerprint density at radius 2 is 1.76 bits per heavy atom. The van der Waals surface area contributed by atoms with Crippen molar-refractivity contribution in [2.75, 3.05) is 20.3 Å². The van der Waals surface area contributed by atoms with Crippen molar-refractivity contribution in [1.29, 1.82) is 0 Å². The number of nitrogens with one attached hydrogen (secondary N) is 2. The van der Waals surface area contributed by atoms with Gasteiger partial charge >= 0.3 is 119 Å². The number of carbonyl (C=O) groups is 5. The van der Waals surface area contributed by atoms with E-state index in [1.54, 1.807) is 0 Å². The molecular weight excluding hydrogens is 641 g/mol. The fourth-order valence-corrected chi connectivity index (χ4v) is 3.11. The number of aliphatic hydroxyl groups is 1. The summed E-state index contributed by atoms with van der Waals surface area (Å²) < 4.78 is 5.54. The second-order valence-corrected chi connectivity index (χ2v) is 8.56. The van der Waals surface area contributed by atoms with Crippen LogP contribution in [0.1, 0.15) is 56.8 Å². The van der Waals surface area contributed by atoms with Crippen LogP contribution in [0.25, 0.3) is 0 Å². The summed E-state index contributed by atoms with van der Waals surface area (Å²) in [6.45, 7) is 6.41. The monoisotopic (exact) mass is 676 g/mol. The fraction of sp³-hybridized carbons (Fsp3) is 0.500. The van der Waals surface area contributed by atoms with Crippen LogP contribution in [-0.4, -0.2) is 97.6 Å². The molecule has 2 amide bonds. The average Bonchev–Trinajstić information content (AvgIpc) is 2.83. The first-order chi connectivity index (χ1) is 16.2. The Hall–Kier alpha value is -2.55. The third-order valence-corrected chi connectivity index (χ3v) is 4.88. The van der Waals surface area contributed by atoms with Gasteiger partial charge in [-0.1, -0.05) is 13.8 Å². The van der Waals surface area contributed by atoms with Gasteiger partial charge in [0.25, 0.3) is 0 Å². The maximum atomic E-state index is 11.6. The molecular formula is C22H35N2O9Tl. The van der Waals surface area contributed by atoms with Crippen molar-refractivity contribution in [2.45, 2.75) is 52.5 Å². The van der Waals surface area contributed by atoms with Gasteiger partial charge in [0.2, 0.25) is 0 Å². The van der Waals surface area contributed by atoms with Crippen LogP contribution in [0.15, 0.2) is 24.3 Å². The number of carbonyl (C=O) groups excluding carboxylic acids is 3. The third kappa shape index (κ3) is 21.3. The van der Waals surface area contributed by atoms with Gasteiger partial charge in [-0.15, -0.1) is 0 Å². The molecule has 1 rings (SSSR count). The fourth-order valence-electron chi connectivity index (χ4n) is 1.98. The quantitative estimate of drug-likeness (QED) is 0.129. The number of unbranched alkanes of at least 4 members (excludes halogenated alkanes) is 1. The minimum Gasteiger partial charge on any atom is -0.481 e.